The number of ketones is 1. The number of carbonyl (C=O) groups is 4. The van der Waals surface area contributed by atoms with Gasteiger partial charge in [-0.1, -0.05) is 48.5 Å². The molecular formula is C25H55N5O4S. The van der Waals surface area contributed by atoms with Crippen LogP contribution in [-0.4, -0.2) is 81.8 Å². The number of rotatable bonds is 15. The van der Waals surface area contributed by atoms with Gasteiger partial charge in [0.25, 0.3) is 0 Å². The molecule has 0 aliphatic carbocycles. The molecule has 0 heterocycles. The summed E-state index contributed by atoms with van der Waals surface area (Å²) in [6.07, 6.45) is 5.88. The van der Waals surface area contributed by atoms with Crippen LogP contribution < -0.4 is 26.6 Å². The third-order valence-electron chi connectivity index (χ3n) is 3.94. The van der Waals surface area contributed by atoms with Crippen LogP contribution in [0.15, 0.2) is 0 Å². The molecule has 0 aliphatic rings. The highest BCUT2D eigenvalue weighted by Gasteiger charge is 2.09. The molecule has 0 radical (unpaired) electrons. The second-order valence-electron chi connectivity index (χ2n) is 7.93. The van der Waals surface area contributed by atoms with Gasteiger partial charge in [-0.05, 0) is 26.0 Å². The lowest BCUT2D eigenvalue weighted by Gasteiger charge is -2.07. The van der Waals surface area contributed by atoms with Crippen molar-refractivity contribution in [1.82, 2.24) is 26.6 Å². The molecule has 0 aliphatic heterocycles. The van der Waals surface area contributed by atoms with Crippen LogP contribution in [0.5, 0.6) is 0 Å². The van der Waals surface area contributed by atoms with Gasteiger partial charge in [-0.2, -0.15) is 11.8 Å². The molecule has 0 bridgehead atoms. The largest absolute Gasteiger partial charge is 0.355 e. The molecule has 0 saturated heterocycles. The number of carbonyl (C=O) groups excluding carboxylic acids is 4. The lowest BCUT2D eigenvalue weighted by Crippen LogP contribution is -2.39. The summed E-state index contributed by atoms with van der Waals surface area (Å²) in [6.45, 7) is 16.5. The molecule has 0 aromatic heterocycles. The van der Waals surface area contributed by atoms with Gasteiger partial charge in [0.05, 0.1) is 6.54 Å². The maximum Gasteiger partial charge on any atom is 0.239 e. The summed E-state index contributed by atoms with van der Waals surface area (Å²) in [5, 5.41) is 14.1. The van der Waals surface area contributed by atoms with Crippen molar-refractivity contribution in [2.24, 2.45) is 5.92 Å². The molecule has 9 nitrogen and oxygen atoms in total. The van der Waals surface area contributed by atoms with Gasteiger partial charge in [-0.15, -0.1) is 0 Å². The van der Waals surface area contributed by atoms with E-state index in [9.17, 15) is 19.2 Å². The summed E-state index contributed by atoms with van der Waals surface area (Å²) < 4.78 is 0. The Morgan fingerprint density at radius 2 is 1.26 bits per heavy atom. The molecule has 0 aromatic rings. The second-order valence-corrected chi connectivity index (χ2v) is 8.74. The number of hydrogen-bond donors (Lipinski definition) is 5. The average Bonchev–Trinajstić information content (AvgIpc) is 2.82. The third kappa shape index (κ3) is 39.8. The zero-order valence-corrected chi connectivity index (χ0v) is 24.9. The Balaban J connectivity index is -0.000000253. The van der Waals surface area contributed by atoms with Gasteiger partial charge in [0, 0.05) is 57.4 Å². The minimum Gasteiger partial charge on any atom is -0.355 e. The highest BCUT2D eigenvalue weighted by Crippen LogP contribution is 2.03. The lowest BCUT2D eigenvalue weighted by molar-refractivity contribution is -0.126. The Bertz CT molecular complexity index is 518. The normalized spacial score (nSPS) is 9.49. The first-order valence-corrected chi connectivity index (χ1v) is 14.3. The number of amides is 3. The fourth-order valence-corrected chi connectivity index (χ4v) is 2.06. The molecule has 210 valence electrons. The average molecular weight is 522 g/mol. The van der Waals surface area contributed by atoms with Crippen LogP contribution in [0.1, 0.15) is 74.1 Å². The van der Waals surface area contributed by atoms with E-state index in [0.29, 0.717) is 38.4 Å². The number of hydrogen-bond acceptors (Lipinski definition) is 7. The fourth-order valence-electron chi connectivity index (χ4n) is 2.06. The molecule has 0 aromatic carbocycles. The summed E-state index contributed by atoms with van der Waals surface area (Å²) in [5.74, 6) is -0.101. The summed E-state index contributed by atoms with van der Waals surface area (Å²) in [7, 11) is 1.80. The molecular weight excluding hydrogens is 466 g/mol. The van der Waals surface area contributed by atoms with Crippen molar-refractivity contribution >= 4 is 35.3 Å². The van der Waals surface area contributed by atoms with Gasteiger partial charge in [-0.25, -0.2) is 0 Å². The quantitative estimate of drug-likeness (QED) is 0.209. The molecule has 0 rings (SSSR count). The van der Waals surface area contributed by atoms with Gasteiger partial charge in [-0.3, -0.25) is 19.2 Å². The van der Waals surface area contributed by atoms with Crippen LogP contribution in [0.3, 0.4) is 0 Å². The van der Waals surface area contributed by atoms with Gasteiger partial charge in [0.1, 0.15) is 5.78 Å². The third-order valence-corrected chi connectivity index (χ3v) is 3.94. The monoisotopic (exact) mass is 521 g/mol. The molecule has 10 heteroatoms. The Kier molecular flexibility index (Phi) is 37.4. The minimum absolute atomic E-state index is 0.0132. The van der Waals surface area contributed by atoms with Crippen LogP contribution in [-0.2, 0) is 19.2 Å². The van der Waals surface area contributed by atoms with Crippen LogP contribution >= 0.6 is 11.8 Å². The predicted octanol–water partition coefficient (Wildman–Crippen LogP) is 2.35. The van der Waals surface area contributed by atoms with Crippen LogP contribution in [0.2, 0.25) is 0 Å². The standard InChI is InChI=1S/C13H25N3O3.C8H18N2O.C2H6S.C2H6/c1-10(2)11(17)5-4-6-12(18)16-9-13(19)15-8-7-14-3;1-4-8(11)10-6-5-9-7(2)3;1-3-2;1-2/h10,14H,4-9H2,1-3H3,(H,15,19)(H,16,18);7,9H,4-6H2,1-3H3,(H,10,11);1-2H3;1-2H3. The number of likely N-dealkylation sites (N-methyl/N-ethyl adjacent to an activating group) is 1. The fraction of sp³-hybridized carbons (Fsp3) is 0.840. The van der Waals surface area contributed by atoms with Crippen LogP contribution in [0, 0.1) is 5.92 Å². The Labute approximate surface area is 219 Å². The molecule has 3 amide bonds. The Morgan fingerprint density at radius 1 is 0.743 bits per heavy atom. The van der Waals surface area contributed by atoms with Crippen molar-refractivity contribution < 1.29 is 19.2 Å². The maximum atomic E-state index is 11.4. The van der Waals surface area contributed by atoms with E-state index in [-0.39, 0.29) is 42.4 Å². The van der Waals surface area contributed by atoms with Crippen molar-refractivity contribution in [3.8, 4) is 0 Å². The first-order valence-electron chi connectivity index (χ1n) is 12.7. The van der Waals surface area contributed by atoms with Gasteiger partial charge in [0.2, 0.25) is 17.7 Å². The summed E-state index contributed by atoms with van der Waals surface area (Å²) in [6, 6.07) is 0.494. The van der Waals surface area contributed by atoms with E-state index in [1.165, 1.54) is 0 Å². The van der Waals surface area contributed by atoms with E-state index in [4.69, 9.17) is 0 Å². The van der Waals surface area contributed by atoms with Crippen molar-refractivity contribution in [3.05, 3.63) is 0 Å². The SMILES string of the molecule is CC.CCC(=O)NCCNC(C)C.CNCCNC(=O)CNC(=O)CCCC(=O)C(C)C.CSC. The van der Waals surface area contributed by atoms with Crippen molar-refractivity contribution in [1.29, 1.82) is 0 Å². The van der Waals surface area contributed by atoms with Crippen LogP contribution in [0.25, 0.3) is 0 Å². The molecule has 0 atom stereocenters. The van der Waals surface area contributed by atoms with Crippen molar-refractivity contribution in [2.75, 3.05) is 52.3 Å². The highest BCUT2D eigenvalue weighted by molar-refractivity contribution is 7.97. The summed E-state index contributed by atoms with van der Waals surface area (Å²) in [5.41, 5.74) is 0. The second kappa shape index (κ2) is 32.4. The minimum atomic E-state index is -0.207. The van der Waals surface area contributed by atoms with Crippen molar-refractivity contribution in [3.63, 3.8) is 0 Å². The van der Waals surface area contributed by atoms with E-state index in [2.05, 4.69) is 40.4 Å². The topological polar surface area (TPSA) is 128 Å². The summed E-state index contributed by atoms with van der Waals surface area (Å²) in [4.78, 5) is 44.8. The first kappa shape index (κ1) is 40.5. The maximum absolute atomic E-state index is 11.4. The van der Waals surface area contributed by atoms with E-state index in [1.54, 1.807) is 18.8 Å². The van der Waals surface area contributed by atoms with Gasteiger partial charge >= 0.3 is 0 Å². The zero-order chi connectivity index (χ0) is 28.1. The van der Waals surface area contributed by atoms with Crippen LogP contribution in [0.4, 0.5) is 0 Å². The van der Waals surface area contributed by atoms with Gasteiger partial charge in [0.15, 0.2) is 0 Å². The molecule has 0 fully saturated rings. The highest BCUT2D eigenvalue weighted by atomic mass is 32.2. The zero-order valence-electron chi connectivity index (χ0n) is 24.1. The van der Waals surface area contributed by atoms with E-state index >= 15 is 0 Å². The van der Waals surface area contributed by atoms with E-state index in [1.807, 2.05) is 47.1 Å². The smallest absolute Gasteiger partial charge is 0.239 e. The number of nitrogens with one attached hydrogen (secondary N) is 5. The number of Topliss-reactive ketones (excluding diaryl/α,β-unsaturated/α-hetero) is 1. The predicted molar refractivity (Wildman–Crippen MR) is 151 cm³/mol. The Hall–Kier alpha value is -1.65. The van der Waals surface area contributed by atoms with E-state index < -0.39 is 0 Å². The Morgan fingerprint density at radius 3 is 1.71 bits per heavy atom. The van der Waals surface area contributed by atoms with Gasteiger partial charge < -0.3 is 26.6 Å². The number of thioether (sulfide) groups is 1. The van der Waals surface area contributed by atoms with E-state index in [0.717, 1.165) is 13.1 Å². The first-order chi connectivity index (χ1) is 16.5. The molecule has 0 unspecified atom stereocenters. The molecule has 5 N–H and O–H groups in total. The molecule has 35 heavy (non-hydrogen) atoms. The molecule has 0 spiro atoms. The summed E-state index contributed by atoms with van der Waals surface area (Å²) >= 11 is 1.75. The lowest BCUT2D eigenvalue weighted by atomic mass is 10.0. The molecule has 0 saturated carbocycles. The van der Waals surface area contributed by atoms with Crippen molar-refractivity contribution in [2.45, 2.75) is 80.2 Å².